The van der Waals surface area contributed by atoms with Gasteiger partial charge in [0.15, 0.2) is 0 Å². The summed E-state index contributed by atoms with van der Waals surface area (Å²) in [6.45, 7) is 5.12. The van der Waals surface area contributed by atoms with E-state index in [-0.39, 0.29) is 0 Å². The third-order valence-corrected chi connectivity index (χ3v) is 0.500. The van der Waals surface area contributed by atoms with Gasteiger partial charge in [-0.3, -0.25) is 0 Å². The minimum atomic E-state index is 0.972. The van der Waals surface area contributed by atoms with E-state index in [0.29, 0.717) is 0 Å². The normalized spacial score (nSPS) is 9.60. The van der Waals surface area contributed by atoms with Crippen molar-refractivity contribution in [1.29, 1.82) is 0 Å². The van der Waals surface area contributed by atoms with Gasteiger partial charge in [-0.05, 0) is 0 Å². The minimum Gasteiger partial charge on any atom is -0.357 e. The smallest absolute Gasteiger partial charge is 0.0798 e. The van der Waals surface area contributed by atoms with E-state index < -0.39 is 0 Å². The predicted molar refractivity (Wildman–Crippen MR) is 22.3 cm³/mol. The molecule has 0 aromatic heterocycles. The lowest BCUT2D eigenvalue weighted by atomic mass is 10.2. The standard InChI is InChI=1S/C4H10N/c1-4(2)3-5/h3,5H2,1-2H3/p+1. The lowest BCUT2D eigenvalue weighted by molar-refractivity contribution is -0.361. The molecule has 0 aliphatic carbocycles. The molecule has 0 heterocycles. The fourth-order valence-corrected chi connectivity index (χ4v) is 0. The Balaban J connectivity index is 2.54. The van der Waals surface area contributed by atoms with Gasteiger partial charge in [-0.25, -0.2) is 0 Å². The summed E-state index contributed by atoms with van der Waals surface area (Å²) in [5.74, 6) is 1.39. The molecule has 1 nitrogen and oxygen atoms in total. The molecule has 0 unspecified atom stereocenters. The van der Waals surface area contributed by atoms with Crippen molar-refractivity contribution < 1.29 is 5.73 Å². The summed E-state index contributed by atoms with van der Waals surface area (Å²) in [5, 5.41) is 0. The van der Waals surface area contributed by atoms with E-state index in [4.69, 9.17) is 0 Å². The molecule has 0 amide bonds. The average Bonchev–Trinajstić information content (AvgIpc) is 1.38. The van der Waals surface area contributed by atoms with Crippen LogP contribution < -0.4 is 5.73 Å². The van der Waals surface area contributed by atoms with Crippen molar-refractivity contribution in [3.8, 4) is 0 Å². The van der Waals surface area contributed by atoms with E-state index in [1.165, 1.54) is 5.92 Å². The van der Waals surface area contributed by atoms with Gasteiger partial charge in [-0.1, -0.05) is 13.8 Å². The topological polar surface area (TPSA) is 27.6 Å². The molecule has 0 aliphatic heterocycles. The Kier molecular flexibility index (Phi) is 2.19. The van der Waals surface area contributed by atoms with Crippen molar-refractivity contribution in [2.45, 2.75) is 13.8 Å². The molecule has 0 rings (SSSR count). The molecule has 0 saturated carbocycles. The number of rotatable bonds is 1. The maximum absolute atomic E-state index is 3.65. The average molecular weight is 73.1 g/mol. The van der Waals surface area contributed by atoms with Gasteiger partial charge >= 0.3 is 0 Å². The molecule has 0 aromatic rings. The van der Waals surface area contributed by atoms with Gasteiger partial charge in [-0.15, -0.1) is 0 Å². The molecule has 0 bridgehead atoms. The van der Waals surface area contributed by atoms with Crippen LogP contribution in [0.2, 0.25) is 0 Å². The van der Waals surface area contributed by atoms with Crippen LogP contribution in [-0.2, 0) is 0 Å². The van der Waals surface area contributed by atoms with Crippen LogP contribution >= 0.6 is 0 Å². The SMILES string of the molecule is C[C](C)C[NH3+]. The lowest BCUT2D eigenvalue weighted by Crippen LogP contribution is -2.51. The van der Waals surface area contributed by atoms with Crippen LogP contribution in [0.25, 0.3) is 0 Å². The maximum Gasteiger partial charge on any atom is 0.0798 e. The molecule has 0 atom stereocenters. The van der Waals surface area contributed by atoms with E-state index >= 15 is 0 Å². The summed E-state index contributed by atoms with van der Waals surface area (Å²) in [5.41, 5.74) is 3.65. The van der Waals surface area contributed by atoms with Crippen molar-refractivity contribution in [1.82, 2.24) is 0 Å². The van der Waals surface area contributed by atoms with Crippen molar-refractivity contribution in [3.05, 3.63) is 5.92 Å². The van der Waals surface area contributed by atoms with Gasteiger partial charge in [0.2, 0.25) is 0 Å². The van der Waals surface area contributed by atoms with Gasteiger partial charge in [-0.2, -0.15) is 0 Å². The zero-order chi connectivity index (χ0) is 4.28. The number of hydrogen-bond acceptors (Lipinski definition) is 0. The highest BCUT2D eigenvalue weighted by atomic mass is 14.5. The van der Waals surface area contributed by atoms with Gasteiger partial charge in [0.05, 0.1) is 6.54 Å². The largest absolute Gasteiger partial charge is 0.357 e. The second kappa shape index (κ2) is 2.21. The van der Waals surface area contributed by atoms with E-state index in [9.17, 15) is 0 Å². The fraction of sp³-hybridized carbons (Fsp3) is 0.750. The molecule has 1 radical (unpaired) electrons. The van der Waals surface area contributed by atoms with Crippen LogP contribution in [0, 0.1) is 5.92 Å². The van der Waals surface area contributed by atoms with Gasteiger partial charge in [0.25, 0.3) is 0 Å². The molecule has 0 fully saturated rings. The Morgan fingerprint density at radius 1 is 1.60 bits per heavy atom. The summed E-state index contributed by atoms with van der Waals surface area (Å²) < 4.78 is 0. The first-order chi connectivity index (χ1) is 2.27. The molecule has 5 heavy (non-hydrogen) atoms. The van der Waals surface area contributed by atoms with Crippen LogP contribution in [0.3, 0.4) is 0 Å². The van der Waals surface area contributed by atoms with E-state index in [0.717, 1.165) is 6.54 Å². The zero-order valence-corrected chi connectivity index (χ0v) is 3.91. The summed E-state index contributed by atoms with van der Waals surface area (Å²) >= 11 is 0. The molecule has 0 saturated heterocycles. The molecule has 0 spiro atoms. The number of hydrogen-bond donors (Lipinski definition) is 1. The van der Waals surface area contributed by atoms with E-state index in [2.05, 4.69) is 19.6 Å². The zero-order valence-electron chi connectivity index (χ0n) is 3.91. The van der Waals surface area contributed by atoms with Crippen LogP contribution in [0.15, 0.2) is 0 Å². The fourth-order valence-electron chi connectivity index (χ4n) is 0. The second-order valence-corrected chi connectivity index (χ2v) is 1.46. The molecule has 1 heteroatoms. The first-order valence-electron chi connectivity index (χ1n) is 1.85. The van der Waals surface area contributed by atoms with Crippen molar-refractivity contribution >= 4 is 0 Å². The van der Waals surface area contributed by atoms with Crippen LogP contribution in [0.5, 0.6) is 0 Å². The number of quaternary nitrogens is 1. The molecular weight excluding hydrogens is 62.1 g/mol. The summed E-state index contributed by atoms with van der Waals surface area (Å²) in [6, 6.07) is 0. The quantitative estimate of drug-likeness (QED) is 0.447. The van der Waals surface area contributed by atoms with Crippen molar-refractivity contribution in [3.63, 3.8) is 0 Å². The Labute approximate surface area is 33.2 Å². The van der Waals surface area contributed by atoms with Crippen LogP contribution in [0.1, 0.15) is 13.8 Å². The second-order valence-electron chi connectivity index (χ2n) is 1.46. The molecule has 0 aromatic carbocycles. The highest BCUT2D eigenvalue weighted by Crippen LogP contribution is 1.83. The third kappa shape index (κ3) is 3.96. The highest BCUT2D eigenvalue weighted by molar-refractivity contribution is 4.72. The van der Waals surface area contributed by atoms with Gasteiger partial charge in [0.1, 0.15) is 0 Å². The van der Waals surface area contributed by atoms with Crippen LogP contribution in [-0.4, -0.2) is 6.54 Å². The minimum absolute atomic E-state index is 0.972. The molecule has 3 N–H and O–H groups in total. The summed E-state index contributed by atoms with van der Waals surface area (Å²) in [6.07, 6.45) is 0. The third-order valence-electron chi connectivity index (χ3n) is 0.500. The molecule has 0 aliphatic rings. The summed E-state index contributed by atoms with van der Waals surface area (Å²) in [4.78, 5) is 0. The van der Waals surface area contributed by atoms with Crippen LogP contribution in [0.4, 0.5) is 0 Å². The monoisotopic (exact) mass is 73.1 g/mol. The predicted octanol–water partition coefficient (Wildman–Crippen LogP) is -0.157. The first kappa shape index (κ1) is 4.96. The Morgan fingerprint density at radius 2 is 1.80 bits per heavy atom. The Bertz CT molecular complexity index is 17.6. The van der Waals surface area contributed by atoms with Gasteiger partial charge < -0.3 is 5.73 Å². The Morgan fingerprint density at radius 3 is 1.80 bits per heavy atom. The maximum atomic E-state index is 3.65. The van der Waals surface area contributed by atoms with Crippen molar-refractivity contribution in [2.75, 3.05) is 6.54 Å². The first-order valence-corrected chi connectivity index (χ1v) is 1.85. The lowest BCUT2D eigenvalue weighted by Gasteiger charge is -1.86. The van der Waals surface area contributed by atoms with Crippen molar-refractivity contribution in [2.24, 2.45) is 0 Å². The molecule has 31 valence electrons. The van der Waals surface area contributed by atoms with E-state index in [1.54, 1.807) is 0 Å². The highest BCUT2D eigenvalue weighted by Gasteiger charge is 1.84. The van der Waals surface area contributed by atoms with E-state index in [1.807, 2.05) is 0 Å². The molecular formula is C4H11N+. The Hall–Kier alpha value is -0.0400. The van der Waals surface area contributed by atoms with Gasteiger partial charge in [0, 0.05) is 5.92 Å². The summed E-state index contributed by atoms with van der Waals surface area (Å²) in [7, 11) is 0.